The molecular formula is C17H23N3. The van der Waals surface area contributed by atoms with Gasteiger partial charge in [-0.25, -0.2) is 0 Å². The lowest BCUT2D eigenvalue weighted by Gasteiger charge is -2.31. The number of fused-ring (bicyclic) bond motifs is 1. The Morgan fingerprint density at radius 3 is 2.85 bits per heavy atom. The van der Waals surface area contributed by atoms with E-state index in [4.69, 9.17) is 5.73 Å². The molecule has 3 nitrogen and oxygen atoms in total. The molecule has 0 bridgehead atoms. The monoisotopic (exact) mass is 269 g/mol. The van der Waals surface area contributed by atoms with E-state index in [0.717, 1.165) is 11.2 Å². The highest BCUT2D eigenvalue weighted by Crippen LogP contribution is 2.36. The van der Waals surface area contributed by atoms with Gasteiger partial charge in [0.15, 0.2) is 0 Å². The fourth-order valence-electron chi connectivity index (χ4n) is 3.44. The van der Waals surface area contributed by atoms with Gasteiger partial charge in [-0.2, -0.15) is 0 Å². The van der Waals surface area contributed by atoms with Crippen molar-refractivity contribution in [3.8, 4) is 0 Å². The average Bonchev–Trinajstić information content (AvgIpc) is 2.86. The molecule has 2 atom stereocenters. The zero-order valence-electron chi connectivity index (χ0n) is 12.3. The van der Waals surface area contributed by atoms with Crippen molar-refractivity contribution in [3.05, 3.63) is 36.0 Å². The summed E-state index contributed by atoms with van der Waals surface area (Å²) in [5.74, 6) is 0. The van der Waals surface area contributed by atoms with Crippen LogP contribution in [0, 0.1) is 0 Å². The van der Waals surface area contributed by atoms with E-state index < -0.39 is 0 Å². The highest BCUT2D eigenvalue weighted by Gasteiger charge is 2.30. The maximum absolute atomic E-state index is 5.83. The van der Waals surface area contributed by atoms with E-state index in [9.17, 15) is 0 Å². The topological polar surface area (TPSA) is 42.1 Å². The van der Waals surface area contributed by atoms with Crippen LogP contribution in [-0.2, 0) is 6.54 Å². The fourth-order valence-corrected chi connectivity index (χ4v) is 3.44. The fraction of sp³-hybridized carbons (Fsp3) is 0.471. The zero-order chi connectivity index (χ0) is 14.1. The first-order valence-electron chi connectivity index (χ1n) is 7.61. The first kappa shape index (κ1) is 13.4. The molecule has 106 valence electrons. The van der Waals surface area contributed by atoms with Crippen molar-refractivity contribution in [2.24, 2.45) is 5.73 Å². The Morgan fingerprint density at radius 2 is 2.10 bits per heavy atom. The van der Waals surface area contributed by atoms with E-state index in [1.165, 1.54) is 30.3 Å². The molecule has 1 saturated heterocycles. The molecule has 0 aliphatic carbocycles. The van der Waals surface area contributed by atoms with Crippen LogP contribution < -0.4 is 10.6 Å². The second-order valence-corrected chi connectivity index (χ2v) is 5.75. The van der Waals surface area contributed by atoms with Crippen LogP contribution in [0.1, 0.15) is 38.8 Å². The molecule has 0 saturated carbocycles. The minimum absolute atomic E-state index is 0.497. The quantitative estimate of drug-likeness (QED) is 0.928. The number of rotatable bonds is 3. The van der Waals surface area contributed by atoms with Gasteiger partial charge in [0, 0.05) is 29.7 Å². The van der Waals surface area contributed by atoms with Crippen molar-refractivity contribution in [2.45, 2.75) is 51.7 Å². The van der Waals surface area contributed by atoms with E-state index >= 15 is 0 Å². The van der Waals surface area contributed by atoms with Gasteiger partial charge in [-0.1, -0.05) is 25.1 Å². The van der Waals surface area contributed by atoms with Crippen LogP contribution in [0.4, 0.5) is 5.69 Å². The van der Waals surface area contributed by atoms with Crippen LogP contribution >= 0.6 is 0 Å². The van der Waals surface area contributed by atoms with E-state index in [0.29, 0.717) is 18.6 Å². The van der Waals surface area contributed by atoms with Crippen LogP contribution in [0.25, 0.3) is 10.9 Å². The molecule has 1 fully saturated rings. The van der Waals surface area contributed by atoms with Gasteiger partial charge in [-0.15, -0.1) is 0 Å². The van der Waals surface area contributed by atoms with Crippen LogP contribution in [0.15, 0.2) is 30.3 Å². The molecule has 20 heavy (non-hydrogen) atoms. The van der Waals surface area contributed by atoms with E-state index in [-0.39, 0.29) is 0 Å². The third-order valence-electron chi connectivity index (χ3n) is 4.49. The Kier molecular flexibility index (Phi) is 3.62. The number of benzene rings is 1. The molecule has 0 amide bonds. The second kappa shape index (κ2) is 5.41. The second-order valence-electron chi connectivity index (χ2n) is 5.75. The number of hydrogen-bond donors (Lipinski definition) is 1. The largest absolute Gasteiger partial charge is 0.365 e. The van der Waals surface area contributed by atoms with Gasteiger partial charge < -0.3 is 10.6 Å². The Hall–Kier alpha value is -1.61. The predicted octanol–water partition coefficient (Wildman–Crippen LogP) is 3.46. The number of nitrogens with two attached hydrogens (primary N) is 1. The third kappa shape index (κ3) is 2.16. The van der Waals surface area contributed by atoms with Crippen molar-refractivity contribution in [1.82, 2.24) is 4.98 Å². The standard InChI is InChI=1S/C17H23N3/c1-3-14-9-8-12(2)20(14)17-10-13(11-18)19-16-7-5-4-6-15(16)17/h4-7,10,12,14H,3,8-9,11,18H2,1-2H3. The van der Waals surface area contributed by atoms with Gasteiger partial charge in [0.2, 0.25) is 0 Å². The summed E-state index contributed by atoms with van der Waals surface area (Å²) in [6.07, 6.45) is 3.75. The maximum atomic E-state index is 5.83. The summed E-state index contributed by atoms with van der Waals surface area (Å²) in [6, 6.07) is 11.8. The number of para-hydroxylation sites is 1. The average molecular weight is 269 g/mol. The van der Waals surface area contributed by atoms with Crippen LogP contribution in [0.3, 0.4) is 0 Å². The molecule has 2 aromatic rings. The number of aromatic nitrogens is 1. The molecule has 2 N–H and O–H groups in total. The number of nitrogens with zero attached hydrogens (tertiary/aromatic N) is 2. The molecular weight excluding hydrogens is 246 g/mol. The summed E-state index contributed by atoms with van der Waals surface area (Å²) in [4.78, 5) is 7.24. The normalized spacial score (nSPS) is 22.6. The molecule has 3 rings (SSSR count). The van der Waals surface area contributed by atoms with Crippen LogP contribution in [-0.4, -0.2) is 17.1 Å². The van der Waals surface area contributed by atoms with Crippen molar-refractivity contribution < 1.29 is 0 Å². The lowest BCUT2D eigenvalue weighted by molar-refractivity contribution is 0.629. The van der Waals surface area contributed by atoms with Crippen molar-refractivity contribution in [3.63, 3.8) is 0 Å². The Morgan fingerprint density at radius 1 is 1.30 bits per heavy atom. The highest BCUT2D eigenvalue weighted by atomic mass is 15.2. The molecule has 3 heteroatoms. The molecule has 0 spiro atoms. The molecule has 1 aliphatic heterocycles. The lowest BCUT2D eigenvalue weighted by Crippen LogP contribution is -2.34. The molecule has 1 aliphatic rings. The van der Waals surface area contributed by atoms with Crippen molar-refractivity contribution in [2.75, 3.05) is 4.90 Å². The van der Waals surface area contributed by atoms with Gasteiger partial charge in [0.25, 0.3) is 0 Å². The Balaban J connectivity index is 2.18. The maximum Gasteiger partial charge on any atom is 0.0726 e. The molecule has 0 radical (unpaired) electrons. The number of hydrogen-bond acceptors (Lipinski definition) is 3. The Bertz CT molecular complexity index is 608. The van der Waals surface area contributed by atoms with Gasteiger partial charge in [-0.3, -0.25) is 4.98 Å². The van der Waals surface area contributed by atoms with E-state index in [2.05, 4.69) is 48.0 Å². The van der Waals surface area contributed by atoms with Crippen molar-refractivity contribution in [1.29, 1.82) is 0 Å². The van der Waals surface area contributed by atoms with Crippen LogP contribution in [0.2, 0.25) is 0 Å². The first-order valence-corrected chi connectivity index (χ1v) is 7.61. The van der Waals surface area contributed by atoms with Crippen molar-refractivity contribution >= 4 is 16.6 Å². The van der Waals surface area contributed by atoms with Gasteiger partial charge >= 0.3 is 0 Å². The number of anilines is 1. The molecule has 1 aromatic carbocycles. The lowest BCUT2D eigenvalue weighted by atomic mass is 10.1. The predicted molar refractivity (Wildman–Crippen MR) is 84.9 cm³/mol. The minimum atomic E-state index is 0.497. The third-order valence-corrected chi connectivity index (χ3v) is 4.49. The number of pyridine rings is 1. The summed E-state index contributed by atoms with van der Waals surface area (Å²) in [5, 5.41) is 1.25. The molecule has 2 heterocycles. The summed E-state index contributed by atoms with van der Waals surface area (Å²) in [5.41, 5.74) is 9.18. The van der Waals surface area contributed by atoms with Gasteiger partial charge in [-0.05, 0) is 38.3 Å². The summed E-state index contributed by atoms with van der Waals surface area (Å²) < 4.78 is 0. The van der Waals surface area contributed by atoms with Gasteiger partial charge in [0.1, 0.15) is 0 Å². The minimum Gasteiger partial charge on any atom is -0.365 e. The smallest absolute Gasteiger partial charge is 0.0726 e. The van der Waals surface area contributed by atoms with E-state index in [1.54, 1.807) is 0 Å². The summed E-state index contributed by atoms with van der Waals surface area (Å²) in [7, 11) is 0. The SMILES string of the molecule is CCC1CCC(C)N1c1cc(CN)nc2ccccc12. The summed E-state index contributed by atoms with van der Waals surface area (Å²) >= 11 is 0. The highest BCUT2D eigenvalue weighted by molar-refractivity contribution is 5.92. The molecule has 1 aromatic heterocycles. The Labute approximate surface area is 120 Å². The zero-order valence-corrected chi connectivity index (χ0v) is 12.3. The first-order chi connectivity index (χ1) is 9.74. The van der Waals surface area contributed by atoms with Crippen LogP contribution in [0.5, 0.6) is 0 Å². The van der Waals surface area contributed by atoms with Gasteiger partial charge in [0.05, 0.1) is 11.2 Å². The summed E-state index contributed by atoms with van der Waals surface area (Å²) in [6.45, 7) is 5.10. The molecule has 2 unspecified atom stereocenters. The van der Waals surface area contributed by atoms with E-state index in [1.807, 2.05) is 6.07 Å².